The Morgan fingerprint density at radius 1 is 0.864 bits per heavy atom. The lowest BCUT2D eigenvalue weighted by atomic mass is 9.99. The van der Waals surface area contributed by atoms with E-state index >= 15 is 0 Å². The van der Waals surface area contributed by atoms with Gasteiger partial charge in [0, 0.05) is 34.3 Å². The molecule has 6 rings (SSSR count). The van der Waals surface area contributed by atoms with Gasteiger partial charge in [0.25, 0.3) is 5.91 Å². The average Bonchev–Trinajstić information content (AvgIpc) is 3.09. The molecule has 44 heavy (non-hydrogen) atoms. The minimum absolute atomic E-state index is 0.0758. The molecular weight excluding hydrogens is 567 g/mol. The summed E-state index contributed by atoms with van der Waals surface area (Å²) in [5, 5.41) is 7.42. The number of aldehydes is 1. The summed E-state index contributed by atoms with van der Waals surface area (Å²) in [5.41, 5.74) is 1.42. The Morgan fingerprint density at radius 2 is 1.43 bits per heavy atom. The monoisotopic (exact) mass is 608 g/mol. The molecule has 5 aromatic carbocycles. The topological polar surface area (TPSA) is 78.9 Å². The predicted octanol–water partition coefficient (Wildman–Crippen LogP) is 7.87. The molecule has 5 aromatic rings. The van der Waals surface area contributed by atoms with E-state index in [1.54, 1.807) is 0 Å². The zero-order valence-electron chi connectivity index (χ0n) is 25.4. The molecule has 0 bridgehead atoms. The van der Waals surface area contributed by atoms with Crippen LogP contribution in [0.1, 0.15) is 31.0 Å². The summed E-state index contributed by atoms with van der Waals surface area (Å²) < 4.78 is 5.93. The van der Waals surface area contributed by atoms with Gasteiger partial charge in [0.05, 0.1) is 11.3 Å². The van der Waals surface area contributed by atoms with Gasteiger partial charge in [-0.15, -0.1) is 0 Å². The first-order chi connectivity index (χ1) is 21.5. The van der Waals surface area contributed by atoms with Gasteiger partial charge in [-0.05, 0) is 46.5 Å². The van der Waals surface area contributed by atoms with Crippen LogP contribution < -0.4 is 10.1 Å². The molecular formula is C37H41N2O4P. The van der Waals surface area contributed by atoms with Crippen LogP contribution in [-0.2, 0) is 9.59 Å². The predicted molar refractivity (Wildman–Crippen MR) is 184 cm³/mol. The summed E-state index contributed by atoms with van der Waals surface area (Å²) in [6.45, 7) is 4.03. The number of anilines is 1. The summed E-state index contributed by atoms with van der Waals surface area (Å²) in [6, 6.07) is 37.8. The second kappa shape index (κ2) is 17.1. The van der Waals surface area contributed by atoms with Crippen LogP contribution in [-0.4, -0.2) is 48.7 Å². The van der Waals surface area contributed by atoms with Gasteiger partial charge in [0.1, 0.15) is 6.29 Å². The van der Waals surface area contributed by atoms with Crippen LogP contribution in [0.4, 0.5) is 5.69 Å². The molecule has 2 N–H and O–H groups in total. The minimum atomic E-state index is -0.393. The number of hydrogen-bond donors (Lipinski definition) is 2. The number of carbonyl (C=O) groups excluding carboxylic acids is 2. The molecule has 1 fully saturated rings. The van der Waals surface area contributed by atoms with Gasteiger partial charge in [-0.3, -0.25) is 4.79 Å². The van der Waals surface area contributed by atoms with Gasteiger partial charge in [0.15, 0.2) is 12.4 Å². The third kappa shape index (κ3) is 8.89. The molecule has 1 amide bonds. The van der Waals surface area contributed by atoms with Crippen molar-refractivity contribution in [1.82, 2.24) is 4.90 Å². The quantitative estimate of drug-likeness (QED) is 0.145. The fourth-order valence-electron chi connectivity index (χ4n) is 5.16. The molecule has 2 unspecified atom stereocenters. The van der Waals surface area contributed by atoms with Crippen LogP contribution in [0.15, 0.2) is 115 Å². The maximum atomic E-state index is 12.4. The van der Waals surface area contributed by atoms with E-state index in [0.29, 0.717) is 5.92 Å². The van der Waals surface area contributed by atoms with Crippen molar-refractivity contribution in [2.45, 2.75) is 25.4 Å². The Kier molecular flexibility index (Phi) is 12.7. The van der Waals surface area contributed by atoms with Gasteiger partial charge >= 0.3 is 0 Å². The second-order valence-electron chi connectivity index (χ2n) is 10.7. The Labute approximate surface area is 261 Å². The fraction of sp³-hybridized carbons (Fsp3) is 0.243. The molecule has 1 aliphatic heterocycles. The van der Waals surface area contributed by atoms with E-state index in [-0.39, 0.29) is 21.3 Å². The highest BCUT2D eigenvalue weighted by molar-refractivity contribution is 7.32. The first-order valence-corrected chi connectivity index (χ1v) is 16.0. The average molecular weight is 609 g/mol. The number of fused-ring (bicyclic) bond motifs is 2. The smallest absolute Gasteiger partial charge is 0.260 e. The third-order valence-corrected chi connectivity index (χ3v) is 8.45. The van der Waals surface area contributed by atoms with Crippen molar-refractivity contribution in [2.24, 2.45) is 5.92 Å². The van der Waals surface area contributed by atoms with E-state index < -0.39 is 5.66 Å². The van der Waals surface area contributed by atoms with Gasteiger partial charge in [-0.25, -0.2) is 0 Å². The standard InChI is InChI=1S/C19H24N2O2.C12H11O2P.C6H6/c1-14-9-11-21(12-10-14)18(22)13-23-19-16-6-4-3-5-15(16)7-8-17(19)20-2;13-8-12(15-14)11-7-3-5-9-4-1-2-6-10(9)11;1-2-4-6-5-3-1/h3-8,14,20H,9-13H2,1-2H3;1-8,12,14-15H;1-6H. The lowest BCUT2D eigenvalue weighted by molar-refractivity contribution is -0.134. The summed E-state index contributed by atoms with van der Waals surface area (Å²) in [7, 11) is 1.49. The number of nitrogens with zero attached hydrogens (tertiary/aromatic N) is 1. The highest BCUT2D eigenvalue weighted by atomic mass is 31.1. The number of amides is 1. The third-order valence-electron chi connectivity index (χ3n) is 7.73. The number of ether oxygens (including phenoxy) is 1. The van der Waals surface area contributed by atoms with Gasteiger partial charge in [-0.2, -0.15) is 0 Å². The molecule has 0 aromatic heterocycles. The van der Waals surface area contributed by atoms with Crippen molar-refractivity contribution in [2.75, 3.05) is 32.1 Å². The van der Waals surface area contributed by atoms with Crippen molar-refractivity contribution in [1.29, 1.82) is 0 Å². The zero-order valence-corrected chi connectivity index (χ0v) is 26.4. The molecule has 0 spiro atoms. The largest absolute Gasteiger partial charge is 0.481 e. The molecule has 1 heterocycles. The number of hydrogen-bond acceptors (Lipinski definition) is 5. The van der Waals surface area contributed by atoms with Crippen LogP contribution in [0.2, 0.25) is 0 Å². The van der Waals surface area contributed by atoms with Crippen LogP contribution in [0, 0.1) is 5.92 Å². The molecule has 0 saturated carbocycles. The molecule has 7 heteroatoms. The summed E-state index contributed by atoms with van der Waals surface area (Å²) in [4.78, 5) is 34.3. The van der Waals surface area contributed by atoms with Gasteiger partial charge in [0.2, 0.25) is 0 Å². The van der Waals surface area contributed by atoms with E-state index in [0.717, 1.165) is 70.8 Å². The number of rotatable bonds is 7. The van der Waals surface area contributed by atoms with E-state index in [1.165, 1.54) is 0 Å². The first-order valence-electron chi connectivity index (χ1n) is 15.0. The molecule has 1 saturated heterocycles. The zero-order chi connectivity index (χ0) is 31.1. The van der Waals surface area contributed by atoms with Crippen LogP contribution in [0.3, 0.4) is 0 Å². The summed E-state index contributed by atoms with van der Waals surface area (Å²) >= 11 is 0. The molecule has 0 aliphatic carbocycles. The summed E-state index contributed by atoms with van der Waals surface area (Å²) in [6.07, 6.45) is 2.98. The molecule has 228 valence electrons. The lowest BCUT2D eigenvalue weighted by Gasteiger charge is -2.30. The number of benzene rings is 5. The normalized spacial score (nSPS) is 13.8. The first kappa shape index (κ1) is 32.7. The fourth-order valence-corrected chi connectivity index (χ4v) is 5.61. The Bertz CT molecular complexity index is 1590. The minimum Gasteiger partial charge on any atom is -0.481 e. The highest BCUT2D eigenvalue weighted by Gasteiger charge is 2.21. The summed E-state index contributed by atoms with van der Waals surface area (Å²) in [5.74, 6) is 1.55. The van der Waals surface area contributed by atoms with Crippen molar-refractivity contribution in [3.8, 4) is 5.75 Å². The van der Waals surface area contributed by atoms with Crippen molar-refractivity contribution < 1.29 is 19.2 Å². The highest BCUT2D eigenvalue weighted by Crippen LogP contribution is 2.35. The Hall–Kier alpha value is -4.25. The van der Waals surface area contributed by atoms with Crippen LogP contribution in [0.5, 0.6) is 5.75 Å². The molecule has 0 radical (unpaired) electrons. The Morgan fingerprint density at radius 3 is 2.02 bits per heavy atom. The van der Waals surface area contributed by atoms with E-state index in [4.69, 9.17) is 9.63 Å². The number of likely N-dealkylation sites (tertiary alicyclic amines) is 1. The number of nitrogens with one attached hydrogen (secondary N) is 1. The molecule has 1 aliphatic rings. The maximum Gasteiger partial charge on any atom is 0.260 e. The Balaban J connectivity index is 0.000000179. The van der Waals surface area contributed by atoms with Gasteiger partial charge in [-0.1, -0.05) is 116 Å². The molecule has 6 nitrogen and oxygen atoms in total. The van der Waals surface area contributed by atoms with Gasteiger partial charge < -0.3 is 24.6 Å². The maximum absolute atomic E-state index is 12.4. The van der Waals surface area contributed by atoms with E-state index in [9.17, 15) is 9.59 Å². The van der Waals surface area contributed by atoms with Crippen molar-refractivity contribution in [3.05, 3.63) is 121 Å². The van der Waals surface area contributed by atoms with E-state index in [2.05, 4.69) is 24.4 Å². The number of carbonyl (C=O) groups is 2. The second-order valence-corrected chi connectivity index (χ2v) is 11.6. The van der Waals surface area contributed by atoms with E-state index in [1.807, 2.05) is 115 Å². The van der Waals surface area contributed by atoms with Crippen molar-refractivity contribution >= 4 is 48.2 Å². The SMILES string of the molecule is CNc1ccc2ccccc2c1OCC(=O)N1CCC(C)CC1.O=CC(PO)c1cccc2ccccc12.c1ccccc1. The number of piperidine rings is 1. The van der Waals surface area contributed by atoms with Crippen molar-refractivity contribution in [3.63, 3.8) is 0 Å². The molecule has 2 atom stereocenters. The van der Waals surface area contributed by atoms with Crippen LogP contribution in [0.25, 0.3) is 21.5 Å². The van der Waals surface area contributed by atoms with Crippen LogP contribution >= 0.6 is 8.81 Å². The lowest BCUT2D eigenvalue weighted by Crippen LogP contribution is -2.40.